The van der Waals surface area contributed by atoms with Gasteiger partial charge >= 0.3 is 0 Å². The molecule has 0 saturated carbocycles. The summed E-state index contributed by atoms with van der Waals surface area (Å²) < 4.78 is 27.4. The van der Waals surface area contributed by atoms with E-state index in [2.05, 4.69) is 22.0 Å². The standard InChI is InChI=1S/C23H27N5O3S/c1-25(2)32(30,31)21-10-8-20(9-11-21)28-17-22(24-18-28)23(29)27-14-12-26(13-15-27)16-19-6-4-3-5-7-19/h3-11,17-18H,12-16H2,1-2H3. The Morgan fingerprint density at radius 3 is 2.25 bits per heavy atom. The van der Waals surface area contributed by atoms with E-state index in [-0.39, 0.29) is 10.8 Å². The first-order valence-electron chi connectivity index (χ1n) is 10.5. The van der Waals surface area contributed by atoms with Crippen molar-refractivity contribution in [2.45, 2.75) is 11.4 Å². The molecule has 1 saturated heterocycles. The largest absolute Gasteiger partial charge is 0.335 e. The molecule has 0 N–H and O–H groups in total. The topological polar surface area (TPSA) is 78.8 Å². The van der Waals surface area contributed by atoms with Gasteiger partial charge in [0.25, 0.3) is 5.91 Å². The predicted molar refractivity (Wildman–Crippen MR) is 122 cm³/mol. The number of rotatable bonds is 6. The SMILES string of the molecule is CN(C)S(=O)(=O)c1ccc(-n2cnc(C(=O)N3CCN(Cc4ccccc4)CC3)c2)cc1. The minimum absolute atomic E-state index is 0.0880. The highest BCUT2D eigenvalue weighted by atomic mass is 32.2. The quantitative estimate of drug-likeness (QED) is 0.571. The van der Waals surface area contributed by atoms with Gasteiger partial charge in [0.2, 0.25) is 10.0 Å². The van der Waals surface area contributed by atoms with Crippen molar-refractivity contribution in [3.8, 4) is 5.69 Å². The van der Waals surface area contributed by atoms with Crippen LogP contribution < -0.4 is 0 Å². The molecule has 0 bridgehead atoms. The third-order valence-corrected chi connectivity index (χ3v) is 7.45. The number of carbonyl (C=O) groups is 1. The van der Waals surface area contributed by atoms with Crippen LogP contribution in [0.1, 0.15) is 16.1 Å². The van der Waals surface area contributed by atoms with Crippen molar-refractivity contribution < 1.29 is 13.2 Å². The fourth-order valence-electron chi connectivity index (χ4n) is 3.69. The highest BCUT2D eigenvalue weighted by Gasteiger charge is 2.24. The lowest BCUT2D eigenvalue weighted by Gasteiger charge is -2.34. The van der Waals surface area contributed by atoms with E-state index < -0.39 is 10.0 Å². The molecule has 1 aliphatic heterocycles. The number of sulfonamides is 1. The third-order valence-electron chi connectivity index (χ3n) is 5.62. The average molecular weight is 454 g/mol. The molecule has 9 heteroatoms. The summed E-state index contributed by atoms with van der Waals surface area (Å²) in [4.78, 5) is 21.6. The Bertz CT molecular complexity index is 1170. The second-order valence-electron chi connectivity index (χ2n) is 8.00. The number of amides is 1. The molecule has 8 nitrogen and oxygen atoms in total. The molecule has 4 rings (SSSR count). The summed E-state index contributed by atoms with van der Waals surface area (Å²) in [7, 11) is -0.483. The van der Waals surface area contributed by atoms with Crippen LogP contribution in [-0.2, 0) is 16.6 Å². The third kappa shape index (κ3) is 4.74. The molecule has 0 radical (unpaired) electrons. The van der Waals surface area contributed by atoms with Gasteiger partial charge < -0.3 is 9.47 Å². The molecule has 1 aromatic heterocycles. The number of nitrogens with zero attached hydrogens (tertiary/aromatic N) is 5. The van der Waals surface area contributed by atoms with Crippen LogP contribution >= 0.6 is 0 Å². The molecule has 0 unspecified atom stereocenters. The maximum atomic E-state index is 12.9. The van der Waals surface area contributed by atoms with Crippen LogP contribution in [0.2, 0.25) is 0 Å². The number of hydrogen-bond donors (Lipinski definition) is 0. The van der Waals surface area contributed by atoms with Crippen molar-refractivity contribution in [2.75, 3.05) is 40.3 Å². The lowest BCUT2D eigenvalue weighted by Crippen LogP contribution is -2.48. The van der Waals surface area contributed by atoms with Crippen LogP contribution in [0.15, 0.2) is 72.0 Å². The zero-order chi connectivity index (χ0) is 22.7. The first-order valence-corrected chi connectivity index (χ1v) is 11.9. The van der Waals surface area contributed by atoms with E-state index in [1.807, 2.05) is 23.1 Å². The van der Waals surface area contributed by atoms with Crippen LogP contribution in [0, 0.1) is 0 Å². The van der Waals surface area contributed by atoms with E-state index >= 15 is 0 Å². The maximum Gasteiger partial charge on any atom is 0.274 e. The summed E-state index contributed by atoms with van der Waals surface area (Å²) in [6.07, 6.45) is 3.27. The molecule has 2 heterocycles. The van der Waals surface area contributed by atoms with Crippen LogP contribution in [0.4, 0.5) is 0 Å². The van der Waals surface area contributed by atoms with Gasteiger partial charge in [-0.25, -0.2) is 17.7 Å². The number of hydrogen-bond acceptors (Lipinski definition) is 5. The summed E-state index contributed by atoms with van der Waals surface area (Å²) in [6.45, 7) is 3.86. The zero-order valence-corrected chi connectivity index (χ0v) is 19.1. The van der Waals surface area contributed by atoms with Gasteiger partial charge in [0.05, 0.1) is 4.90 Å². The molecular formula is C23H27N5O3S. The molecule has 3 aromatic rings. The highest BCUT2D eigenvalue weighted by molar-refractivity contribution is 7.89. The lowest BCUT2D eigenvalue weighted by atomic mass is 10.2. The smallest absolute Gasteiger partial charge is 0.274 e. The van der Waals surface area contributed by atoms with Gasteiger partial charge in [-0.2, -0.15) is 0 Å². The molecule has 0 atom stereocenters. The van der Waals surface area contributed by atoms with Gasteiger partial charge in [-0.15, -0.1) is 0 Å². The number of carbonyl (C=O) groups excluding carboxylic acids is 1. The van der Waals surface area contributed by atoms with Crippen molar-refractivity contribution in [3.05, 3.63) is 78.4 Å². The van der Waals surface area contributed by atoms with E-state index in [4.69, 9.17) is 0 Å². The molecule has 168 valence electrons. The minimum atomic E-state index is -3.48. The second kappa shape index (κ2) is 9.23. The number of imidazole rings is 1. The van der Waals surface area contributed by atoms with Crippen molar-refractivity contribution in [1.82, 2.24) is 23.7 Å². The van der Waals surface area contributed by atoms with Crippen LogP contribution in [0.5, 0.6) is 0 Å². The summed E-state index contributed by atoms with van der Waals surface area (Å²) in [5.41, 5.74) is 2.39. The Morgan fingerprint density at radius 1 is 0.969 bits per heavy atom. The molecule has 1 aliphatic rings. The van der Waals surface area contributed by atoms with Crippen molar-refractivity contribution in [3.63, 3.8) is 0 Å². The van der Waals surface area contributed by atoms with E-state index in [1.54, 1.807) is 41.4 Å². The Hall–Kier alpha value is -3.01. The second-order valence-corrected chi connectivity index (χ2v) is 10.2. The zero-order valence-electron chi connectivity index (χ0n) is 18.3. The van der Waals surface area contributed by atoms with Gasteiger partial charge in [-0.05, 0) is 29.8 Å². The number of piperazine rings is 1. The first kappa shape index (κ1) is 22.2. The average Bonchev–Trinajstić information content (AvgIpc) is 3.30. The Morgan fingerprint density at radius 2 is 1.62 bits per heavy atom. The fraction of sp³-hybridized carbons (Fsp3) is 0.304. The van der Waals surface area contributed by atoms with Crippen LogP contribution in [0.25, 0.3) is 5.69 Å². The van der Waals surface area contributed by atoms with E-state index in [9.17, 15) is 13.2 Å². The van der Waals surface area contributed by atoms with Crippen LogP contribution in [-0.4, -0.2) is 78.3 Å². The summed E-state index contributed by atoms with van der Waals surface area (Å²) >= 11 is 0. The molecule has 1 fully saturated rings. The highest BCUT2D eigenvalue weighted by Crippen LogP contribution is 2.17. The summed E-state index contributed by atoms with van der Waals surface area (Å²) in [6, 6.07) is 16.8. The monoisotopic (exact) mass is 453 g/mol. The maximum absolute atomic E-state index is 12.9. The summed E-state index contributed by atoms with van der Waals surface area (Å²) in [5.74, 6) is -0.0880. The molecule has 1 amide bonds. The van der Waals surface area contributed by atoms with Gasteiger partial charge in [0.1, 0.15) is 12.0 Å². The molecule has 0 spiro atoms. The van der Waals surface area contributed by atoms with E-state index in [1.165, 1.54) is 24.0 Å². The summed E-state index contributed by atoms with van der Waals surface area (Å²) in [5, 5.41) is 0. The molecule has 0 aliphatic carbocycles. The molecular weight excluding hydrogens is 426 g/mol. The Kier molecular flexibility index (Phi) is 6.40. The van der Waals surface area contributed by atoms with Crippen LogP contribution in [0.3, 0.4) is 0 Å². The fourth-order valence-corrected chi connectivity index (χ4v) is 4.59. The van der Waals surface area contributed by atoms with E-state index in [0.717, 1.165) is 25.3 Å². The molecule has 32 heavy (non-hydrogen) atoms. The van der Waals surface area contributed by atoms with Crippen molar-refractivity contribution in [1.29, 1.82) is 0 Å². The normalized spacial score (nSPS) is 15.3. The van der Waals surface area contributed by atoms with Gasteiger partial charge in [-0.1, -0.05) is 30.3 Å². The number of benzene rings is 2. The lowest BCUT2D eigenvalue weighted by molar-refractivity contribution is 0.0623. The molecule has 2 aromatic carbocycles. The van der Waals surface area contributed by atoms with Gasteiger partial charge in [0, 0.05) is 58.7 Å². The van der Waals surface area contributed by atoms with Gasteiger partial charge in [-0.3, -0.25) is 9.69 Å². The number of aromatic nitrogens is 2. The van der Waals surface area contributed by atoms with Crippen molar-refractivity contribution >= 4 is 15.9 Å². The van der Waals surface area contributed by atoms with Crippen molar-refractivity contribution in [2.24, 2.45) is 0 Å². The predicted octanol–water partition coefficient (Wildman–Crippen LogP) is 2.08. The Labute approximate surface area is 188 Å². The van der Waals surface area contributed by atoms with Gasteiger partial charge in [0.15, 0.2) is 0 Å². The van der Waals surface area contributed by atoms with E-state index in [0.29, 0.717) is 18.8 Å². The minimum Gasteiger partial charge on any atom is -0.335 e. The Balaban J connectivity index is 1.38. The first-order chi connectivity index (χ1) is 15.3.